The van der Waals surface area contributed by atoms with Crippen LogP contribution in [0.15, 0.2) is 36.8 Å². The monoisotopic (exact) mass is 293 g/mol. The minimum Gasteiger partial charge on any atom is -0.481 e. The number of aromatic nitrogens is 2. The highest BCUT2D eigenvalue weighted by molar-refractivity contribution is 6.31. The number of imidazole rings is 1. The largest absolute Gasteiger partial charge is 0.481 e. The van der Waals surface area contributed by atoms with E-state index in [4.69, 9.17) is 16.7 Å². The fourth-order valence-electron chi connectivity index (χ4n) is 2.01. The van der Waals surface area contributed by atoms with Gasteiger partial charge < -0.3 is 15.0 Å². The van der Waals surface area contributed by atoms with Crippen molar-refractivity contribution in [3.05, 3.63) is 53.1 Å². The van der Waals surface area contributed by atoms with E-state index in [2.05, 4.69) is 10.3 Å². The molecule has 1 heterocycles. The van der Waals surface area contributed by atoms with Gasteiger partial charge in [0.15, 0.2) is 0 Å². The molecule has 0 saturated carbocycles. The second-order valence-electron chi connectivity index (χ2n) is 4.55. The van der Waals surface area contributed by atoms with Crippen molar-refractivity contribution in [3.8, 4) is 0 Å². The maximum absolute atomic E-state index is 11.0. The Morgan fingerprint density at radius 1 is 1.50 bits per heavy atom. The first-order valence-electron chi connectivity index (χ1n) is 6.22. The highest BCUT2D eigenvalue weighted by Crippen LogP contribution is 2.25. The molecule has 0 aliphatic heterocycles. The van der Waals surface area contributed by atoms with Crippen molar-refractivity contribution in [1.82, 2.24) is 14.9 Å². The van der Waals surface area contributed by atoms with Gasteiger partial charge in [0.2, 0.25) is 0 Å². The standard InChI is InChI=1S/C14H16ClN3O2/c1-18-9-16-7-10(18)8-17-13(6-14(19)20)11-4-2-3-5-12(11)15/h2-5,7,9,13,17H,6,8H2,1H3,(H,19,20). The molecule has 0 bridgehead atoms. The molecule has 0 saturated heterocycles. The molecule has 2 N–H and O–H groups in total. The van der Waals surface area contributed by atoms with Crippen LogP contribution in [0.5, 0.6) is 0 Å². The average molecular weight is 294 g/mol. The van der Waals surface area contributed by atoms with Crippen LogP contribution >= 0.6 is 11.6 Å². The lowest BCUT2D eigenvalue weighted by Crippen LogP contribution is -2.24. The molecule has 1 aromatic carbocycles. The van der Waals surface area contributed by atoms with Gasteiger partial charge in [-0.1, -0.05) is 29.8 Å². The molecule has 0 aliphatic rings. The van der Waals surface area contributed by atoms with Gasteiger partial charge in [-0.05, 0) is 11.6 Å². The number of carboxylic acid groups (broad SMARTS) is 1. The number of carboxylic acids is 1. The van der Waals surface area contributed by atoms with Crippen LogP contribution in [0.4, 0.5) is 0 Å². The number of rotatable bonds is 6. The van der Waals surface area contributed by atoms with E-state index in [1.54, 1.807) is 18.6 Å². The molecule has 2 rings (SSSR count). The number of hydrogen-bond donors (Lipinski definition) is 2. The third-order valence-electron chi connectivity index (χ3n) is 3.11. The molecule has 2 aromatic rings. The number of aryl methyl sites for hydroxylation is 1. The first kappa shape index (κ1) is 14.6. The Kier molecular flexibility index (Phi) is 4.76. The van der Waals surface area contributed by atoms with Crippen LogP contribution in [0, 0.1) is 0 Å². The predicted octanol–water partition coefficient (Wildman–Crippen LogP) is 2.38. The van der Waals surface area contributed by atoms with Crippen LogP contribution in [-0.2, 0) is 18.4 Å². The molecule has 0 spiro atoms. The Morgan fingerprint density at radius 2 is 2.25 bits per heavy atom. The summed E-state index contributed by atoms with van der Waals surface area (Å²) in [5, 5.41) is 12.8. The van der Waals surface area contributed by atoms with E-state index >= 15 is 0 Å². The van der Waals surface area contributed by atoms with E-state index in [0.717, 1.165) is 11.3 Å². The van der Waals surface area contributed by atoms with E-state index < -0.39 is 5.97 Å². The zero-order valence-electron chi connectivity index (χ0n) is 11.1. The second-order valence-corrected chi connectivity index (χ2v) is 4.96. The van der Waals surface area contributed by atoms with E-state index in [-0.39, 0.29) is 12.5 Å². The van der Waals surface area contributed by atoms with Crippen LogP contribution < -0.4 is 5.32 Å². The Hall–Kier alpha value is -1.85. The zero-order valence-corrected chi connectivity index (χ0v) is 11.8. The highest BCUT2D eigenvalue weighted by atomic mass is 35.5. The van der Waals surface area contributed by atoms with Crippen LogP contribution in [0.3, 0.4) is 0 Å². The lowest BCUT2D eigenvalue weighted by atomic mass is 10.0. The average Bonchev–Trinajstić information content (AvgIpc) is 2.80. The lowest BCUT2D eigenvalue weighted by Gasteiger charge is -2.18. The summed E-state index contributed by atoms with van der Waals surface area (Å²) >= 11 is 6.14. The molecule has 0 fully saturated rings. The fraction of sp³-hybridized carbons (Fsp3) is 0.286. The highest BCUT2D eigenvalue weighted by Gasteiger charge is 2.17. The summed E-state index contributed by atoms with van der Waals surface area (Å²) in [5.74, 6) is -0.868. The number of carbonyl (C=O) groups is 1. The van der Waals surface area contributed by atoms with Gasteiger partial charge in [0.05, 0.1) is 18.4 Å². The SMILES string of the molecule is Cn1cncc1CNC(CC(=O)O)c1ccccc1Cl. The molecule has 1 unspecified atom stereocenters. The third-order valence-corrected chi connectivity index (χ3v) is 3.45. The molecule has 5 nitrogen and oxygen atoms in total. The number of hydrogen-bond acceptors (Lipinski definition) is 3. The molecular formula is C14H16ClN3O2. The van der Waals surface area contributed by atoms with Crippen LogP contribution in [0.1, 0.15) is 23.7 Å². The van der Waals surface area contributed by atoms with Crippen molar-refractivity contribution in [2.45, 2.75) is 19.0 Å². The van der Waals surface area contributed by atoms with Gasteiger partial charge in [-0.3, -0.25) is 4.79 Å². The van der Waals surface area contributed by atoms with E-state index in [1.807, 2.05) is 29.8 Å². The third kappa shape index (κ3) is 3.59. The smallest absolute Gasteiger partial charge is 0.305 e. The summed E-state index contributed by atoms with van der Waals surface area (Å²) in [4.78, 5) is 15.1. The normalized spacial score (nSPS) is 12.3. The van der Waals surface area contributed by atoms with E-state index in [9.17, 15) is 4.79 Å². The lowest BCUT2D eigenvalue weighted by molar-refractivity contribution is -0.137. The summed E-state index contributed by atoms with van der Waals surface area (Å²) in [6.07, 6.45) is 3.43. The van der Waals surface area contributed by atoms with Gasteiger partial charge >= 0.3 is 5.97 Å². The maximum atomic E-state index is 11.0. The van der Waals surface area contributed by atoms with Crippen LogP contribution in [0.25, 0.3) is 0 Å². The molecule has 0 radical (unpaired) electrons. The topological polar surface area (TPSA) is 67.2 Å². The molecule has 1 atom stereocenters. The summed E-state index contributed by atoms with van der Waals surface area (Å²) in [6, 6.07) is 6.94. The molecule has 6 heteroatoms. The van der Waals surface area contributed by atoms with E-state index in [1.165, 1.54) is 0 Å². The summed E-state index contributed by atoms with van der Waals surface area (Å²) in [7, 11) is 1.89. The minimum atomic E-state index is -0.868. The van der Waals surface area contributed by atoms with Gasteiger partial charge in [0, 0.05) is 30.9 Å². The predicted molar refractivity (Wildman–Crippen MR) is 76.5 cm³/mol. The van der Waals surface area contributed by atoms with Crippen molar-refractivity contribution >= 4 is 17.6 Å². The van der Waals surface area contributed by atoms with Gasteiger partial charge in [0.25, 0.3) is 0 Å². The minimum absolute atomic E-state index is 0.0262. The summed E-state index contributed by atoms with van der Waals surface area (Å²) in [5.41, 5.74) is 1.77. The number of nitrogens with zero attached hydrogens (tertiary/aromatic N) is 2. The summed E-state index contributed by atoms with van der Waals surface area (Å²) in [6.45, 7) is 0.527. The Labute approximate surface area is 122 Å². The van der Waals surface area contributed by atoms with Crippen molar-refractivity contribution in [1.29, 1.82) is 0 Å². The molecule has 0 aliphatic carbocycles. The fourth-order valence-corrected chi connectivity index (χ4v) is 2.27. The van der Waals surface area contributed by atoms with Gasteiger partial charge in [-0.25, -0.2) is 4.98 Å². The molecule has 0 amide bonds. The number of nitrogens with one attached hydrogen (secondary N) is 1. The van der Waals surface area contributed by atoms with Crippen molar-refractivity contribution < 1.29 is 9.90 Å². The van der Waals surface area contributed by atoms with Crippen molar-refractivity contribution in [2.24, 2.45) is 7.05 Å². The Bertz CT molecular complexity index is 598. The number of halogens is 1. The first-order chi connectivity index (χ1) is 9.58. The van der Waals surface area contributed by atoms with Gasteiger partial charge in [-0.2, -0.15) is 0 Å². The van der Waals surface area contributed by atoms with Crippen molar-refractivity contribution in [3.63, 3.8) is 0 Å². The first-order valence-corrected chi connectivity index (χ1v) is 6.60. The van der Waals surface area contributed by atoms with Gasteiger partial charge in [0.1, 0.15) is 0 Å². The molecular weight excluding hydrogens is 278 g/mol. The summed E-state index contributed by atoms with van der Waals surface area (Å²) < 4.78 is 1.89. The Balaban J connectivity index is 2.14. The van der Waals surface area contributed by atoms with Crippen LogP contribution in [0.2, 0.25) is 5.02 Å². The molecule has 20 heavy (non-hydrogen) atoms. The van der Waals surface area contributed by atoms with Crippen molar-refractivity contribution in [2.75, 3.05) is 0 Å². The quantitative estimate of drug-likeness (QED) is 0.858. The van der Waals surface area contributed by atoms with E-state index in [0.29, 0.717) is 11.6 Å². The molecule has 106 valence electrons. The Morgan fingerprint density at radius 3 is 2.85 bits per heavy atom. The number of benzene rings is 1. The maximum Gasteiger partial charge on any atom is 0.305 e. The zero-order chi connectivity index (χ0) is 14.5. The number of aliphatic carboxylic acids is 1. The molecule has 1 aromatic heterocycles. The van der Waals surface area contributed by atoms with Crippen LogP contribution in [-0.4, -0.2) is 20.6 Å². The van der Waals surface area contributed by atoms with Gasteiger partial charge in [-0.15, -0.1) is 0 Å². The second kappa shape index (κ2) is 6.54.